The summed E-state index contributed by atoms with van der Waals surface area (Å²) < 4.78 is 2.07. The summed E-state index contributed by atoms with van der Waals surface area (Å²) in [6, 6.07) is 10.1. The quantitative estimate of drug-likeness (QED) is 0.751. The maximum absolute atomic E-state index is 10.2. The lowest BCUT2D eigenvalue weighted by Crippen LogP contribution is -2.38. The van der Waals surface area contributed by atoms with Crippen molar-refractivity contribution in [2.45, 2.75) is 25.8 Å². The van der Waals surface area contributed by atoms with E-state index in [1.807, 2.05) is 18.2 Å². The van der Waals surface area contributed by atoms with Gasteiger partial charge in [0.15, 0.2) is 11.4 Å². The predicted molar refractivity (Wildman–Crippen MR) is 64.6 cm³/mol. The number of rotatable bonds is 1. The first-order chi connectivity index (χ1) is 7.86. The Kier molecular flexibility index (Phi) is 2.40. The topological polar surface area (TPSA) is 24.1 Å². The van der Waals surface area contributed by atoms with Crippen LogP contribution in [0.2, 0.25) is 0 Å². The molecule has 0 spiro atoms. The van der Waals surface area contributed by atoms with E-state index >= 15 is 0 Å². The average Bonchev–Trinajstić information content (AvgIpc) is 2.69. The van der Waals surface area contributed by atoms with Crippen molar-refractivity contribution < 1.29 is 9.67 Å². The van der Waals surface area contributed by atoms with Crippen molar-refractivity contribution in [2.75, 3.05) is 0 Å². The highest BCUT2D eigenvalue weighted by Crippen LogP contribution is 2.35. The molecule has 1 N–H and O–H groups in total. The van der Waals surface area contributed by atoms with Crippen LogP contribution in [0.25, 0.3) is 10.4 Å². The zero-order valence-corrected chi connectivity index (χ0v) is 9.83. The van der Waals surface area contributed by atoms with Crippen LogP contribution >= 0.6 is 11.3 Å². The molecule has 2 nitrogen and oxygen atoms in total. The molecule has 2 heterocycles. The molecule has 1 aromatic heterocycles. The normalized spacial score (nSPS) is 14.8. The minimum atomic E-state index is 0.450. The van der Waals surface area contributed by atoms with Gasteiger partial charge in [0.1, 0.15) is 0 Å². The first-order valence-corrected chi connectivity index (χ1v) is 6.48. The Bertz CT molecular complexity index is 504. The van der Waals surface area contributed by atoms with Gasteiger partial charge < -0.3 is 5.11 Å². The third-order valence-corrected chi connectivity index (χ3v) is 4.32. The molecule has 0 saturated carbocycles. The fourth-order valence-electron chi connectivity index (χ4n) is 2.20. The summed E-state index contributed by atoms with van der Waals surface area (Å²) in [6.45, 7) is 0.963. The van der Waals surface area contributed by atoms with E-state index in [1.54, 1.807) is 11.3 Å². The monoisotopic (exact) mass is 232 g/mol. The highest BCUT2D eigenvalue weighted by atomic mass is 32.1. The fourth-order valence-corrected chi connectivity index (χ4v) is 3.42. The summed E-state index contributed by atoms with van der Waals surface area (Å²) >= 11 is 1.73. The van der Waals surface area contributed by atoms with Crippen molar-refractivity contribution in [3.8, 4) is 16.3 Å². The Hall–Kier alpha value is -1.35. The van der Waals surface area contributed by atoms with E-state index < -0.39 is 0 Å². The van der Waals surface area contributed by atoms with E-state index in [0.717, 1.165) is 23.4 Å². The lowest BCUT2D eigenvalue weighted by atomic mass is 10.2. The van der Waals surface area contributed by atoms with Crippen molar-refractivity contribution in [1.29, 1.82) is 0 Å². The number of hydrogen-bond donors (Lipinski definition) is 1. The zero-order chi connectivity index (χ0) is 11.0. The van der Waals surface area contributed by atoms with Crippen molar-refractivity contribution in [1.82, 2.24) is 0 Å². The fraction of sp³-hybridized carbons (Fsp3) is 0.308. The minimum Gasteiger partial charge on any atom is -0.459 e. The van der Waals surface area contributed by atoms with Crippen molar-refractivity contribution in [3.05, 3.63) is 35.3 Å². The van der Waals surface area contributed by atoms with Crippen LogP contribution in [0.5, 0.6) is 5.88 Å². The number of thiazole rings is 1. The SMILES string of the molecule is Oc1c(-c2ccccc2)sc2[n+]1CCCC2. The zero-order valence-electron chi connectivity index (χ0n) is 9.02. The van der Waals surface area contributed by atoms with Crippen LogP contribution in [0, 0.1) is 0 Å². The summed E-state index contributed by atoms with van der Waals surface area (Å²) in [5.74, 6) is 0.450. The Labute approximate surface area is 98.8 Å². The molecule has 82 valence electrons. The van der Waals surface area contributed by atoms with Crippen LogP contribution in [0.3, 0.4) is 0 Å². The van der Waals surface area contributed by atoms with Crippen LogP contribution in [0.1, 0.15) is 17.8 Å². The molecule has 0 fully saturated rings. The number of aryl methyl sites for hydroxylation is 1. The standard InChI is InChI=1S/C13H13NOS/c15-13-12(10-6-2-1-3-7-10)16-11-8-4-5-9-14(11)13/h1-3,6-7H,4-5,8-9H2/p+1. The molecule has 0 saturated heterocycles. The van der Waals surface area contributed by atoms with Gasteiger partial charge in [0.05, 0.1) is 0 Å². The van der Waals surface area contributed by atoms with Crippen LogP contribution in [-0.4, -0.2) is 5.11 Å². The van der Waals surface area contributed by atoms with E-state index in [2.05, 4.69) is 16.7 Å². The van der Waals surface area contributed by atoms with Crippen LogP contribution in [0.4, 0.5) is 0 Å². The number of nitrogens with zero attached hydrogens (tertiary/aromatic N) is 1. The van der Waals surface area contributed by atoms with Gasteiger partial charge in [-0.15, -0.1) is 0 Å². The number of aromatic nitrogens is 1. The number of benzene rings is 1. The van der Waals surface area contributed by atoms with Crippen LogP contribution in [0.15, 0.2) is 30.3 Å². The highest BCUT2D eigenvalue weighted by Gasteiger charge is 2.28. The largest absolute Gasteiger partial charge is 0.459 e. The van der Waals surface area contributed by atoms with Gasteiger partial charge in [0.2, 0.25) is 5.01 Å². The molecular formula is C13H14NOS+. The second-order valence-electron chi connectivity index (χ2n) is 4.12. The van der Waals surface area contributed by atoms with Gasteiger partial charge in [-0.2, -0.15) is 4.57 Å². The van der Waals surface area contributed by atoms with Gasteiger partial charge in [-0.05, 0) is 6.42 Å². The minimum absolute atomic E-state index is 0.450. The number of hydrogen-bond acceptors (Lipinski definition) is 2. The predicted octanol–water partition coefficient (Wildman–Crippen LogP) is 2.74. The summed E-state index contributed by atoms with van der Waals surface area (Å²) in [5.41, 5.74) is 1.12. The Morgan fingerprint density at radius 3 is 2.69 bits per heavy atom. The molecule has 0 amide bonds. The molecule has 0 atom stereocenters. The van der Waals surface area contributed by atoms with Crippen molar-refractivity contribution in [3.63, 3.8) is 0 Å². The average molecular weight is 232 g/mol. The lowest BCUT2D eigenvalue weighted by Gasteiger charge is -2.03. The number of fused-ring (bicyclic) bond motifs is 1. The third kappa shape index (κ3) is 1.52. The maximum Gasteiger partial charge on any atom is 0.384 e. The molecule has 2 aromatic rings. The van der Waals surface area contributed by atoms with E-state index in [-0.39, 0.29) is 0 Å². The Balaban J connectivity index is 2.12. The number of aromatic hydroxyl groups is 1. The van der Waals surface area contributed by atoms with Gasteiger partial charge in [-0.25, -0.2) is 0 Å². The van der Waals surface area contributed by atoms with E-state index in [0.29, 0.717) is 5.88 Å². The molecule has 1 aromatic carbocycles. The second-order valence-corrected chi connectivity index (χ2v) is 5.21. The smallest absolute Gasteiger partial charge is 0.384 e. The second kappa shape index (κ2) is 3.91. The van der Waals surface area contributed by atoms with Gasteiger partial charge >= 0.3 is 5.88 Å². The molecule has 0 bridgehead atoms. The van der Waals surface area contributed by atoms with Crippen molar-refractivity contribution >= 4 is 11.3 Å². The van der Waals surface area contributed by atoms with Gasteiger partial charge in [-0.1, -0.05) is 41.7 Å². The summed E-state index contributed by atoms with van der Waals surface area (Å²) in [4.78, 5) is 1.01. The molecule has 1 aliphatic heterocycles. The van der Waals surface area contributed by atoms with E-state index in [9.17, 15) is 5.11 Å². The molecule has 1 aliphatic rings. The van der Waals surface area contributed by atoms with E-state index in [1.165, 1.54) is 17.8 Å². The third-order valence-electron chi connectivity index (χ3n) is 3.04. The molecular weight excluding hydrogens is 218 g/mol. The van der Waals surface area contributed by atoms with Gasteiger partial charge in [0, 0.05) is 18.4 Å². The first-order valence-electron chi connectivity index (χ1n) is 5.66. The summed E-state index contributed by atoms with van der Waals surface area (Å²) in [6.07, 6.45) is 3.52. The molecule has 0 unspecified atom stereocenters. The molecule has 3 rings (SSSR count). The highest BCUT2D eigenvalue weighted by molar-refractivity contribution is 7.15. The van der Waals surface area contributed by atoms with Gasteiger partial charge in [-0.3, -0.25) is 0 Å². The molecule has 16 heavy (non-hydrogen) atoms. The first kappa shape index (κ1) is 9.85. The Morgan fingerprint density at radius 2 is 1.94 bits per heavy atom. The molecule has 0 radical (unpaired) electrons. The lowest BCUT2D eigenvalue weighted by molar-refractivity contribution is -0.709. The summed E-state index contributed by atoms with van der Waals surface area (Å²) in [5, 5.41) is 11.5. The van der Waals surface area contributed by atoms with Gasteiger partial charge in [0.25, 0.3) is 0 Å². The van der Waals surface area contributed by atoms with Crippen LogP contribution in [-0.2, 0) is 13.0 Å². The van der Waals surface area contributed by atoms with E-state index in [4.69, 9.17) is 0 Å². The molecule has 0 aliphatic carbocycles. The summed E-state index contributed by atoms with van der Waals surface area (Å²) in [7, 11) is 0. The van der Waals surface area contributed by atoms with Crippen LogP contribution < -0.4 is 4.57 Å². The molecule has 3 heteroatoms. The Morgan fingerprint density at radius 1 is 1.12 bits per heavy atom. The maximum atomic E-state index is 10.2. The van der Waals surface area contributed by atoms with Crippen molar-refractivity contribution in [2.24, 2.45) is 0 Å².